The van der Waals surface area contributed by atoms with Gasteiger partial charge in [-0.1, -0.05) is 83.6 Å². The van der Waals surface area contributed by atoms with Crippen LogP contribution >= 0.6 is 0 Å². The summed E-state index contributed by atoms with van der Waals surface area (Å²) < 4.78 is 0. The Bertz CT molecular complexity index is 803. The number of aryl methyl sites for hydroxylation is 1. The third-order valence-electron chi connectivity index (χ3n) is 9.60. The highest BCUT2D eigenvalue weighted by atomic mass is 15.5. The maximum atomic E-state index is 2.85. The molecule has 0 spiro atoms. The van der Waals surface area contributed by atoms with Crippen molar-refractivity contribution in [3.05, 3.63) is 42.1 Å². The zero-order valence-electron chi connectivity index (χ0n) is 21.3. The SMILES string of the molecule is Cc1ccccc1N1C(C(C)(C)C)N2C=CC(C3CCCCC3)(C3CCCCC3)C2[C@@H]1C. The zero-order valence-corrected chi connectivity index (χ0v) is 21.3. The van der Waals surface area contributed by atoms with Crippen molar-refractivity contribution in [2.45, 2.75) is 117 Å². The van der Waals surface area contributed by atoms with Crippen LogP contribution in [0.2, 0.25) is 0 Å². The molecule has 1 aromatic carbocycles. The zero-order chi connectivity index (χ0) is 22.5. The largest absolute Gasteiger partial charge is 0.351 e. The van der Waals surface area contributed by atoms with E-state index in [4.69, 9.17) is 0 Å². The summed E-state index contributed by atoms with van der Waals surface area (Å²) in [6, 6.07) is 10.2. The van der Waals surface area contributed by atoms with E-state index in [2.05, 4.69) is 81.0 Å². The maximum absolute atomic E-state index is 2.85. The third kappa shape index (κ3) is 3.43. The van der Waals surface area contributed by atoms with Crippen molar-refractivity contribution in [1.82, 2.24) is 4.90 Å². The lowest BCUT2D eigenvalue weighted by Crippen LogP contribution is -2.53. The van der Waals surface area contributed by atoms with E-state index >= 15 is 0 Å². The van der Waals surface area contributed by atoms with Gasteiger partial charge in [-0.25, -0.2) is 0 Å². The number of anilines is 1. The lowest BCUT2D eigenvalue weighted by molar-refractivity contribution is 0.00679. The van der Waals surface area contributed by atoms with Gasteiger partial charge < -0.3 is 9.80 Å². The highest BCUT2D eigenvalue weighted by Crippen LogP contribution is 2.60. The molecule has 3 fully saturated rings. The number of fused-ring (bicyclic) bond motifs is 1. The minimum Gasteiger partial charge on any atom is -0.351 e. The van der Waals surface area contributed by atoms with Gasteiger partial charge in [-0.15, -0.1) is 0 Å². The number of nitrogens with zero attached hydrogens (tertiary/aromatic N) is 2. The van der Waals surface area contributed by atoms with Gasteiger partial charge in [0.2, 0.25) is 0 Å². The second-order valence-corrected chi connectivity index (χ2v) is 12.6. The summed E-state index contributed by atoms with van der Waals surface area (Å²) in [5.41, 5.74) is 3.41. The molecule has 0 aromatic heterocycles. The Morgan fingerprint density at radius 2 is 1.41 bits per heavy atom. The van der Waals surface area contributed by atoms with E-state index in [1.165, 1.54) is 75.5 Å². The number of para-hydroxylation sites is 1. The molecule has 176 valence electrons. The highest BCUT2D eigenvalue weighted by Gasteiger charge is 2.62. The highest BCUT2D eigenvalue weighted by molar-refractivity contribution is 5.57. The van der Waals surface area contributed by atoms with Crippen molar-refractivity contribution < 1.29 is 0 Å². The first-order valence-electron chi connectivity index (χ1n) is 13.7. The predicted molar refractivity (Wildman–Crippen MR) is 137 cm³/mol. The number of hydrogen-bond donors (Lipinski definition) is 0. The van der Waals surface area contributed by atoms with E-state index in [1.54, 1.807) is 0 Å². The van der Waals surface area contributed by atoms with Crippen LogP contribution in [0.1, 0.15) is 97.5 Å². The molecule has 0 amide bonds. The number of hydrogen-bond acceptors (Lipinski definition) is 2. The molecule has 0 radical (unpaired) electrons. The lowest BCUT2D eigenvalue weighted by atomic mass is 9.55. The first-order chi connectivity index (χ1) is 15.4. The lowest BCUT2D eigenvalue weighted by Gasteiger charge is -2.51. The van der Waals surface area contributed by atoms with Crippen molar-refractivity contribution in [2.75, 3.05) is 4.90 Å². The molecule has 1 aromatic rings. The van der Waals surface area contributed by atoms with Gasteiger partial charge in [0.1, 0.15) is 6.17 Å². The quantitative estimate of drug-likeness (QED) is 0.476. The summed E-state index contributed by atoms with van der Waals surface area (Å²) in [6.45, 7) is 12.2. The second-order valence-electron chi connectivity index (χ2n) is 12.6. The Labute approximate surface area is 197 Å². The van der Waals surface area contributed by atoms with Crippen LogP contribution in [-0.4, -0.2) is 23.1 Å². The molecule has 32 heavy (non-hydrogen) atoms. The molecule has 2 nitrogen and oxygen atoms in total. The second kappa shape index (κ2) is 8.41. The molecule has 0 N–H and O–H groups in total. The summed E-state index contributed by atoms with van der Waals surface area (Å²) in [5.74, 6) is 1.73. The monoisotopic (exact) mass is 434 g/mol. The Morgan fingerprint density at radius 3 is 1.94 bits per heavy atom. The fourth-order valence-electron chi connectivity index (χ4n) is 8.45. The van der Waals surface area contributed by atoms with E-state index in [1.807, 2.05) is 0 Å². The van der Waals surface area contributed by atoms with E-state index in [9.17, 15) is 0 Å². The van der Waals surface area contributed by atoms with Crippen LogP contribution in [0.5, 0.6) is 0 Å². The van der Waals surface area contributed by atoms with Crippen LogP contribution in [0, 0.1) is 29.6 Å². The molecule has 2 heteroatoms. The smallest absolute Gasteiger partial charge is 0.107 e. The molecule has 3 atom stereocenters. The Kier molecular flexibility index (Phi) is 5.87. The Hall–Kier alpha value is -1.44. The maximum Gasteiger partial charge on any atom is 0.107 e. The van der Waals surface area contributed by atoms with Gasteiger partial charge in [-0.2, -0.15) is 0 Å². The molecular formula is C30H46N2. The molecule has 2 aliphatic heterocycles. The van der Waals surface area contributed by atoms with Crippen LogP contribution in [0.4, 0.5) is 5.69 Å². The molecule has 5 rings (SSSR count). The summed E-state index contributed by atoms with van der Waals surface area (Å²) in [6.07, 6.45) is 20.2. The minimum absolute atomic E-state index is 0.185. The summed E-state index contributed by atoms with van der Waals surface area (Å²) in [5, 5.41) is 0. The standard InChI is InChI=1S/C30H46N2/c1-22-14-12-13-19-26(22)32-23(2)27-30(24-15-8-6-9-16-24,25-17-10-7-11-18-25)20-21-31(27)28(32)29(3,4)5/h12-14,19-21,23-25,27-28H,6-11,15-18H2,1-5H3/t23-,27?,28?/m0/s1. The fraction of sp³-hybridized carbons (Fsp3) is 0.733. The first-order valence-corrected chi connectivity index (χ1v) is 13.7. The molecular weight excluding hydrogens is 388 g/mol. The predicted octanol–water partition coefficient (Wildman–Crippen LogP) is 7.92. The number of rotatable bonds is 3. The molecule has 0 bridgehead atoms. The summed E-state index contributed by atoms with van der Waals surface area (Å²) in [7, 11) is 0. The molecule has 2 heterocycles. The van der Waals surface area contributed by atoms with Gasteiger partial charge in [0.25, 0.3) is 0 Å². The Morgan fingerprint density at radius 1 is 0.844 bits per heavy atom. The number of benzene rings is 1. The van der Waals surface area contributed by atoms with Crippen molar-refractivity contribution in [1.29, 1.82) is 0 Å². The van der Waals surface area contributed by atoms with E-state index in [-0.39, 0.29) is 5.41 Å². The van der Waals surface area contributed by atoms with Crippen LogP contribution in [-0.2, 0) is 0 Å². The van der Waals surface area contributed by atoms with Crippen LogP contribution < -0.4 is 4.90 Å². The summed E-state index contributed by atoms with van der Waals surface area (Å²) in [4.78, 5) is 5.67. The van der Waals surface area contributed by atoms with E-state index in [0.29, 0.717) is 23.7 Å². The molecule has 2 saturated carbocycles. The average molecular weight is 435 g/mol. The van der Waals surface area contributed by atoms with Gasteiger partial charge in [-0.3, -0.25) is 0 Å². The molecule has 2 unspecified atom stereocenters. The van der Waals surface area contributed by atoms with Crippen molar-refractivity contribution in [2.24, 2.45) is 22.7 Å². The van der Waals surface area contributed by atoms with Gasteiger partial charge in [0.15, 0.2) is 0 Å². The van der Waals surface area contributed by atoms with Crippen LogP contribution in [0.3, 0.4) is 0 Å². The summed E-state index contributed by atoms with van der Waals surface area (Å²) >= 11 is 0. The molecule has 2 aliphatic carbocycles. The van der Waals surface area contributed by atoms with Crippen molar-refractivity contribution >= 4 is 5.69 Å². The van der Waals surface area contributed by atoms with Gasteiger partial charge in [0, 0.05) is 22.6 Å². The minimum atomic E-state index is 0.185. The fourth-order valence-corrected chi connectivity index (χ4v) is 8.45. The van der Waals surface area contributed by atoms with Crippen LogP contribution in [0.25, 0.3) is 0 Å². The van der Waals surface area contributed by atoms with Gasteiger partial charge in [0.05, 0.1) is 6.04 Å². The normalized spacial score (nSPS) is 31.3. The van der Waals surface area contributed by atoms with Gasteiger partial charge in [-0.05, 0) is 69.2 Å². The van der Waals surface area contributed by atoms with Gasteiger partial charge >= 0.3 is 0 Å². The van der Waals surface area contributed by atoms with Crippen molar-refractivity contribution in [3.8, 4) is 0 Å². The topological polar surface area (TPSA) is 6.48 Å². The average Bonchev–Trinajstić information content (AvgIpc) is 3.32. The Balaban J connectivity index is 1.62. The molecule has 1 saturated heterocycles. The third-order valence-corrected chi connectivity index (χ3v) is 9.60. The van der Waals surface area contributed by atoms with E-state index in [0.717, 1.165) is 11.8 Å². The van der Waals surface area contributed by atoms with Crippen LogP contribution in [0.15, 0.2) is 36.5 Å². The first kappa shape index (κ1) is 22.4. The van der Waals surface area contributed by atoms with E-state index < -0.39 is 0 Å². The molecule has 4 aliphatic rings. The van der Waals surface area contributed by atoms with Crippen molar-refractivity contribution in [3.63, 3.8) is 0 Å².